The van der Waals surface area contributed by atoms with Gasteiger partial charge in [-0.15, -0.1) is 11.6 Å². The summed E-state index contributed by atoms with van der Waals surface area (Å²) in [5.74, 6) is 0.468. The van der Waals surface area contributed by atoms with Gasteiger partial charge in [-0.25, -0.2) is 4.79 Å². The minimum atomic E-state index is -0.517. The Kier molecular flexibility index (Phi) is 5.48. The van der Waals surface area contributed by atoms with Gasteiger partial charge in [0.05, 0.1) is 0 Å². The maximum atomic E-state index is 11.7. The number of benzene rings is 2. The highest BCUT2D eigenvalue weighted by Crippen LogP contribution is 2.20. The minimum absolute atomic E-state index is 0.202. The van der Waals surface area contributed by atoms with Crippen molar-refractivity contribution in [2.24, 2.45) is 0 Å². The Labute approximate surface area is 133 Å². The topological polar surface area (TPSA) is 38.3 Å². The first-order chi connectivity index (χ1) is 10.1. The zero-order valence-electron chi connectivity index (χ0n) is 11.5. The van der Waals surface area contributed by atoms with Crippen LogP contribution in [0, 0.1) is 6.92 Å². The summed E-state index contributed by atoms with van der Waals surface area (Å²) in [6, 6.07) is 12.9. The first-order valence-electron chi connectivity index (χ1n) is 6.42. The van der Waals surface area contributed by atoms with Gasteiger partial charge in [-0.05, 0) is 35.7 Å². The van der Waals surface area contributed by atoms with Crippen molar-refractivity contribution in [3.05, 3.63) is 64.2 Å². The van der Waals surface area contributed by atoms with Crippen LogP contribution in [0.2, 0.25) is 5.02 Å². The van der Waals surface area contributed by atoms with Crippen LogP contribution in [0.4, 0.5) is 10.5 Å². The van der Waals surface area contributed by atoms with Crippen LogP contribution in [0.1, 0.15) is 16.7 Å². The summed E-state index contributed by atoms with van der Waals surface area (Å²) in [7, 11) is 0. The van der Waals surface area contributed by atoms with Gasteiger partial charge in [-0.2, -0.15) is 0 Å². The molecule has 2 rings (SSSR count). The summed E-state index contributed by atoms with van der Waals surface area (Å²) >= 11 is 11.7. The van der Waals surface area contributed by atoms with Crippen LogP contribution in [0.5, 0.6) is 0 Å². The van der Waals surface area contributed by atoms with E-state index in [2.05, 4.69) is 5.32 Å². The molecule has 5 heteroatoms. The molecule has 110 valence electrons. The maximum absolute atomic E-state index is 11.7. The molecule has 0 heterocycles. The largest absolute Gasteiger partial charge is 0.444 e. The van der Waals surface area contributed by atoms with Gasteiger partial charge in [0.15, 0.2) is 0 Å². The molecule has 0 radical (unpaired) electrons. The van der Waals surface area contributed by atoms with E-state index in [1.807, 2.05) is 37.3 Å². The zero-order valence-corrected chi connectivity index (χ0v) is 13.0. The normalized spacial score (nSPS) is 10.2. The van der Waals surface area contributed by atoms with Crippen molar-refractivity contribution in [3.8, 4) is 0 Å². The summed E-state index contributed by atoms with van der Waals surface area (Å²) in [6.07, 6.45) is -0.517. The van der Waals surface area contributed by atoms with E-state index in [1.165, 1.54) is 0 Å². The third-order valence-corrected chi connectivity index (χ3v) is 3.68. The van der Waals surface area contributed by atoms with Crippen LogP contribution >= 0.6 is 23.2 Å². The van der Waals surface area contributed by atoms with E-state index in [1.54, 1.807) is 12.1 Å². The van der Waals surface area contributed by atoms with Gasteiger partial charge in [0.2, 0.25) is 0 Å². The Bertz CT molecular complexity index is 627. The second-order valence-corrected chi connectivity index (χ2v) is 5.29. The van der Waals surface area contributed by atoms with Crippen LogP contribution < -0.4 is 5.32 Å². The van der Waals surface area contributed by atoms with Crippen LogP contribution in [0.25, 0.3) is 0 Å². The lowest BCUT2D eigenvalue weighted by atomic mass is 10.2. The van der Waals surface area contributed by atoms with Gasteiger partial charge < -0.3 is 4.74 Å². The average molecular weight is 324 g/mol. The monoisotopic (exact) mass is 323 g/mol. The minimum Gasteiger partial charge on any atom is -0.444 e. The standard InChI is InChI=1S/C16H15Cl2NO2/c1-11-2-7-14(8-15(11)18)19-16(20)21-10-13-5-3-12(9-17)4-6-13/h2-8H,9-10H2,1H3,(H,19,20). The first kappa shape index (κ1) is 15.7. The average Bonchev–Trinajstić information content (AvgIpc) is 2.49. The third kappa shape index (κ3) is 4.66. The Balaban J connectivity index is 1.87. The summed E-state index contributed by atoms with van der Waals surface area (Å²) in [6.45, 7) is 2.10. The summed E-state index contributed by atoms with van der Waals surface area (Å²) in [5, 5.41) is 3.24. The molecule has 0 bridgehead atoms. The fourth-order valence-corrected chi connectivity index (χ4v) is 2.06. The molecule has 0 spiro atoms. The molecule has 2 aromatic carbocycles. The van der Waals surface area contributed by atoms with Crippen LogP contribution in [0.15, 0.2) is 42.5 Å². The second-order valence-electron chi connectivity index (χ2n) is 4.62. The number of ether oxygens (including phenoxy) is 1. The number of anilines is 1. The molecule has 0 saturated heterocycles. The highest BCUT2D eigenvalue weighted by molar-refractivity contribution is 6.31. The molecular formula is C16H15Cl2NO2. The van der Waals surface area contributed by atoms with Gasteiger partial charge >= 0.3 is 6.09 Å². The molecule has 1 amide bonds. The van der Waals surface area contributed by atoms with Gasteiger partial charge in [-0.3, -0.25) is 5.32 Å². The predicted molar refractivity (Wildman–Crippen MR) is 86.0 cm³/mol. The Morgan fingerprint density at radius 1 is 1.14 bits per heavy atom. The molecule has 0 unspecified atom stereocenters. The van der Waals surface area contributed by atoms with Gasteiger partial charge in [-0.1, -0.05) is 41.9 Å². The molecule has 0 aliphatic heterocycles. The van der Waals surface area contributed by atoms with Crippen molar-refractivity contribution in [2.75, 3.05) is 5.32 Å². The number of halogens is 2. The number of hydrogen-bond acceptors (Lipinski definition) is 2. The maximum Gasteiger partial charge on any atom is 0.411 e. The lowest BCUT2D eigenvalue weighted by Gasteiger charge is -2.08. The van der Waals surface area contributed by atoms with Gasteiger partial charge in [0.1, 0.15) is 6.61 Å². The van der Waals surface area contributed by atoms with Crippen molar-refractivity contribution in [2.45, 2.75) is 19.4 Å². The molecule has 0 aromatic heterocycles. The molecule has 1 N–H and O–H groups in total. The summed E-state index contributed by atoms with van der Waals surface area (Å²) in [5.41, 5.74) is 3.49. The predicted octanol–water partition coefficient (Wildman–Crippen LogP) is 5.14. The SMILES string of the molecule is Cc1ccc(NC(=O)OCc2ccc(CCl)cc2)cc1Cl. The molecule has 0 aliphatic carbocycles. The number of nitrogens with one attached hydrogen (secondary N) is 1. The van der Waals surface area contributed by atoms with Crippen molar-refractivity contribution >= 4 is 35.0 Å². The lowest BCUT2D eigenvalue weighted by molar-refractivity contribution is 0.155. The van der Waals surface area contributed by atoms with Crippen LogP contribution in [-0.2, 0) is 17.2 Å². The molecule has 0 fully saturated rings. The zero-order chi connectivity index (χ0) is 15.2. The van der Waals surface area contributed by atoms with Gasteiger partial charge in [0.25, 0.3) is 0 Å². The van der Waals surface area contributed by atoms with Crippen molar-refractivity contribution in [3.63, 3.8) is 0 Å². The fraction of sp³-hybridized carbons (Fsp3) is 0.188. The lowest BCUT2D eigenvalue weighted by Crippen LogP contribution is -2.13. The number of carbonyl (C=O) groups is 1. The molecule has 0 aliphatic rings. The van der Waals surface area contributed by atoms with E-state index >= 15 is 0 Å². The van der Waals surface area contributed by atoms with E-state index < -0.39 is 6.09 Å². The number of carbonyl (C=O) groups excluding carboxylic acids is 1. The Morgan fingerprint density at radius 3 is 2.43 bits per heavy atom. The summed E-state index contributed by atoms with van der Waals surface area (Å²) < 4.78 is 5.15. The van der Waals surface area contributed by atoms with E-state index in [4.69, 9.17) is 27.9 Å². The molecular weight excluding hydrogens is 309 g/mol. The van der Waals surface area contributed by atoms with Gasteiger partial charge in [0, 0.05) is 16.6 Å². The van der Waals surface area contributed by atoms with Crippen molar-refractivity contribution < 1.29 is 9.53 Å². The number of alkyl halides is 1. The second kappa shape index (κ2) is 7.34. The van der Waals surface area contributed by atoms with E-state index in [0.717, 1.165) is 16.7 Å². The van der Waals surface area contributed by atoms with Crippen molar-refractivity contribution in [1.82, 2.24) is 0 Å². The number of amides is 1. The quantitative estimate of drug-likeness (QED) is 0.791. The summed E-state index contributed by atoms with van der Waals surface area (Å²) in [4.78, 5) is 11.7. The van der Waals surface area contributed by atoms with E-state index in [0.29, 0.717) is 16.6 Å². The van der Waals surface area contributed by atoms with E-state index in [-0.39, 0.29) is 6.61 Å². The number of hydrogen-bond donors (Lipinski definition) is 1. The first-order valence-corrected chi connectivity index (χ1v) is 7.33. The Morgan fingerprint density at radius 2 is 1.81 bits per heavy atom. The highest BCUT2D eigenvalue weighted by atomic mass is 35.5. The highest BCUT2D eigenvalue weighted by Gasteiger charge is 2.05. The Hall–Kier alpha value is -1.71. The third-order valence-electron chi connectivity index (χ3n) is 2.97. The van der Waals surface area contributed by atoms with Crippen LogP contribution in [0.3, 0.4) is 0 Å². The number of aryl methyl sites for hydroxylation is 1. The van der Waals surface area contributed by atoms with Crippen LogP contribution in [-0.4, -0.2) is 6.09 Å². The fourth-order valence-electron chi connectivity index (χ4n) is 1.70. The smallest absolute Gasteiger partial charge is 0.411 e. The molecule has 0 saturated carbocycles. The number of rotatable bonds is 4. The molecule has 2 aromatic rings. The van der Waals surface area contributed by atoms with Crippen molar-refractivity contribution in [1.29, 1.82) is 0 Å². The molecule has 3 nitrogen and oxygen atoms in total. The molecule has 0 atom stereocenters. The molecule has 21 heavy (non-hydrogen) atoms. The van der Waals surface area contributed by atoms with E-state index in [9.17, 15) is 4.79 Å².